The zero-order valence-electron chi connectivity index (χ0n) is 18.4. The van der Waals surface area contributed by atoms with Crippen LogP contribution in [0.4, 0.5) is 17.3 Å². The minimum Gasteiger partial charge on any atom is -0.486 e. The van der Waals surface area contributed by atoms with Gasteiger partial charge in [-0.1, -0.05) is 0 Å². The SMILES string of the molecule is O=C(Nc1ccc(S(=O)(=O)Nc2ncccn2)cc1)[C@H]1CC(=O)N(c2ccc3c(c2)OCCO3)C1. The van der Waals surface area contributed by atoms with Crippen molar-refractivity contribution in [2.45, 2.75) is 11.3 Å². The average molecular weight is 496 g/mol. The van der Waals surface area contributed by atoms with Gasteiger partial charge in [0.1, 0.15) is 13.2 Å². The lowest BCUT2D eigenvalue weighted by molar-refractivity contribution is -0.122. The fourth-order valence-electron chi connectivity index (χ4n) is 3.83. The van der Waals surface area contributed by atoms with Crippen molar-refractivity contribution >= 4 is 39.2 Å². The first-order valence-corrected chi connectivity index (χ1v) is 12.3. The number of ether oxygens (including phenoxy) is 2. The summed E-state index contributed by atoms with van der Waals surface area (Å²) in [5.74, 6) is 0.0901. The molecule has 180 valence electrons. The van der Waals surface area contributed by atoms with Crippen molar-refractivity contribution < 1.29 is 27.5 Å². The van der Waals surface area contributed by atoms with E-state index in [1.807, 2.05) is 0 Å². The van der Waals surface area contributed by atoms with Crippen LogP contribution in [0.1, 0.15) is 6.42 Å². The Hall–Kier alpha value is -4.19. The molecule has 12 heteroatoms. The van der Waals surface area contributed by atoms with Gasteiger partial charge < -0.3 is 19.7 Å². The van der Waals surface area contributed by atoms with Crippen LogP contribution >= 0.6 is 0 Å². The summed E-state index contributed by atoms with van der Waals surface area (Å²) in [6.45, 7) is 1.13. The van der Waals surface area contributed by atoms with Gasteiger partial charge >= 0.3 is 0 Å². The number of anilines is 3. The molecule has 2 amide bonds. The number of hydrogen-bond donors (Lipinski definition) is 2. The zero-order chi connectivity index (χ0) is 24.4. The van der Waals surface area contributed by atoms with Crippen LogP contribution in [0, 0.1) is 5.92 Å². The number of hydrogen-bond acceptors (Lipinski definition) is 8. The van der Waals surface area contributed by atoms with Crippen molar-refractivity contribution in [1.29, 1.82) is 0 Å². The summed E-state index contributed by atoms with van der Waals surface area (Å²) in [7, 11) is -3.88. The molecule has 1 saturated heterocycles. The van der Waals surface area contributed by atoms with E-state index < -0.39 is 15.9 Å². The second-order valence-corrected chi connectivity index (χ2v) is 9.61. The summed E-state index contributed by atoms with van der Waals surface area (Å²) in [6, 6.07) is 12.5. The lowest BCUT2D eigenvalue weighted by Gasteiger charge is -2.22. The van der Waals surface area contributed by atoms with Gasteiger partial charge in [0.15, 0.2) is 11.5 Å². The van der Waals surface area contributed by atoms with Crippen LogP contribution < -0.4 is 24.4 Å². The third kappa shape index (κ3) is 4.87. The second kappa shape index (κ2) is 9.22. The number of amides is 2. The Balaban J connectivity index is 1.23. The predicted octanol–water partition coefficient (Wildman–Crippen LogP) is 2.04. The molecular formula is C23H21N5O6S. The molecule has 3 aromatic rings. The summed E-state index contributed by atoms with van der Waals surface area (Å²) in [6.07, 6.45) is 2.91. The van der Waals surface area contributed by atoms with E-state index in [0.29, 0.717) is 36.1 Å². The van der Waals surface area contributed by atoms with Gasteiger partial charge in [-0.3, -0.25) is 9.59 Å². The minimum absolute atomic E-state index is 0.0104. The van der Waals surface area contributed by atoms with Crippen molar-refractivity contribution in [2.24, 2.45) is 5.92 Å². The number of sulfonamides is 1. The van der Waals surface area contributed by atoms with Gasteiger partial charge in [-0.2, -0.15) is 0 Å². The molecule has 0 spiro atoms. The maximum absolute atomic E-state index is 12.8. The lowest BCUT2D eigenvalue weighted by atomic mass is 10.1. The topological polar surface area (TPSA) is 140 Å². The molecule has 1 aromatic heterocycles. The van der Waals surface area contributed by atoms with Gasteiger partial charge in [0, 0.05) is 42.8 Å². The molecule has 0 aliphatic carbocycles. The number of benzene rings is 2. The number of aromatic nitrogens is 2. The van der Waals surface area contributed by atoms with Crippen LogP contribution in [0.2, 0.25) is 0 Å². The molecule has 1 fully saturated rings. The molecule has 0 bridgehead atoms. The summed E-state index contributed by atoms with van der Waals surface area (Å²) in [5, 5.41) is 2.75. The third-order valence-corrected chi connectivity index (χ3v) is 6.90. The highest BCUT2D eigenvalue weighted by atomic mass is 32.2. The van der Waals surface area contributed by atoms with E-state index in [4.69, 9.17) is 9.47 Å². The van der Waals surface area contributed by atoms with Crippen molar-refractivity contribution in [3.63, 3.8) is 0 Å². The Labute approximate surface area is 201 Å². The van der Waals surface area contributed by atoms with Crippen molar-refractivity contribution in [2.75, 3.05) is 34.7 Å². The highest BCUT2D eigenvalue weighted by molar-refractivity contribution is 7.92. The van der Waals surface area contributed by atoms with Gasteiger partial charge in [0.25, 0.3) is 10.0 Å². The normalized spacial score (nSPS) is 17.2. The molecular weight excluding hydrogens is 474 g/mol. The zero-order valence-corrected chi connectivity index (χ0v) is 19.2. The van der Waals surface area contributed by atoms with Crippen LogP contribution in [0.5, 0.6) is 11.5 Å². The summed E-state index contributed by atoms with van der Waals surface area (Å²) >= 11 is 0. The van der Waals surface area contributed by atoms with E-state index >= 15 is 0 Å². The Morgan fingerprint density at radius 2 is 1.71 bits per heavy atom. The standard InChI is InChI=1S/C23H21N5O6S/c29-21-12-15(14-28(21)17-4-7-19-20(13-17)34-11-10-33-19)22(30)26-16-2-5-18(6-3-16)35(31,32)27-23-24-8-1-9-25-23/h1-9,13,15H,10-12,14H2,(H,26,30)(H,24,25,27)/t15-/m0/s1. The van der Waals surface area contributed by atoms with E-state index in [2.05, 4.69) is 20.0 Å². The van der Waals surface area contributed by atoms with Gasteiger partial charge in [-0.15, -0.1) is 0 Å². The van der Waals surface area contributed by atoms with Crippen LogP contribution in [-0.4, -0.2) is 50.0 Å². The van der Waals surface area contributed by atoms with Gasteiger partial charge in [-0.25, -0.2) is 23.1 Å². The average Bonchev–Trinajstić information content (AvgIpc) is 3.26. The highest BCUT2D eigenvalue weighted by Crippen LogP contribution is 2.36. The molecule has 2 aliphatic heterocycles. The molecule has 2 aromatic carbocycles. The molecule has 5 rings (SSSR count). The Morgan fingerprint density at radius 1 is 1.00 bits per heavy atom. The Bertz CT molecular complexity index is 1360. The Morgan fingerprint density at radius 3 is 2.46 bits per heavy atom. The predicted molar refractivity (Wildman–Crippen MR) is 126 cm³/mol. The monoisotopic (exact) mass is 495 g/mol. The van der Waals surface area contributed by atoms with E-state index in [-0.39, 0.29) is 35.6 Å². The number of fused-ring (bicyclic) bond motifs is 1. The van der Waals surface area contributed by atoms with Crippen LogP contribution in [-0.2, 0) is 19.6 Å². The fourth-order valence-corrected chi connectivity index (χ4v) is 4.78. The molecule has 0 radical (unpaired) electrons. The minimum atomic E-state index is -3.88. The van der Waals surface area contributed by atoms with Crippen molar-refractivity contribution in [3.05, 3.63) is 60.9 Å². The number of nitrogens with one attached hydrogen (secondary N) is 2. The van der Waals surface area contributed by atoms with E-state index in [1.165, 1.54) is 36.7 Å². The number of rotatable bonds is 6. The van der Waals surface area contributed by atoms with Crippen molar-refractivity contribution in [3.8, 4) is 11.5 Å². The van der Waals surface area contributed by atoms with Gasteiger partial charge in [0.2, 0.25) is 17.8 Å². The van der Waals surface area contributed by atoms with Crippen LogP contribution in [0.25, 0.3) is 0 Å². The first-order valence-electron chi connectivity index (χ1n) is 10.8. The summed E-state index contributed by atoms with van der Waals surface area (Å²) in [5.41, 5.74) is 1.05. The number of carbonyl (C=O) groups is 2. The molecule has 2 N–H and O–H groups in total. The largest absolute Gasteiger partial charge is 0.486 e. The molecule has 11 nitrogen and oxygen atoms in total. The highest BCUT2D eigenvalue weighted by Gasteiger charge is 2.35. The molecule has 35 heavy (non-hydrogen) atoms. The first kappa shape index (κ1) is 22.6. The fraction of sp³-hybridized carbons (Fsp3) is 0.217. The third-order valence-electron chi connectivity index (χ3n) is 5.56. The quantitative estimate of drug-likeness (QED) is 0.530. The number of nitrogens with zero attached hydrogens (tertiary/aromatic N) is 3. The van der Waals surface area contributed by atoms with E-state index in [0.717, 1.165) is 0 Å². The summed E-state index contributed by atoms with van der Waals surface area (Å²) < 4.78 is 38.4. The van der Waals surface area contributed by atoms with E-state index in [1.54, 1.807) is 29.2 Å². The molecule has 3 heterocycles. The first-order chi connectivity index (χ1) is 16.9. The maximum atomic E-state index is 12.8. The second-order valence-electron chi connectivity index (χ2n) is 7.92. The molecule has 2 aliphatic rings. The van der Waals surface area contributed by atoms with Gasteiger partial charge in [0.05, 0.1) is 10.8 Å². The Kier molecular flexibility index (Phi) is 5.95. The van der Waals surface area contributed by atoms with Gasteiger partial charge in [-0.05, 0) is 42.5 Å². The number of carbonyl (C=O) groups excluding carboxylic acids is 2. The molecule has 0 unspecified atom stereocenters. The maximum Gasteiger partial charge on any atom is 0.264 e. The van der Waals surface area contributed by atoms with Crippen LogP contribution in [0.15, 0.2) is 65.8 Å². The van der Waals surface area contributed by atoms with E-state index in [9.17, 15) is 18.0 Å². The van der Waals surface area contributed by atoms with Crippen LogP contribution in [0.3, 0.4) is 0 Å². The van der Waals surface area contributed by atoms with Crippen molar-refractivity contribution in [1.82, 2.24) is 9.97 Å². The molecule has 0 saturated carbocycles. The smallest absolute Gasteiger partial charge is 0.264 e. The summed E-state index contributed by atoms with van der Waals surface area (Å²) in [4.78, 5) is 34.6. The lowest BCUT2D eigenvalue weighted by Crippen LogP contribution is -2.28. The molecule has 1 atom stereocenters.